The van der Waals surface area contributed by atoms with Gasteiger partial charge in [-0.2, -0.15) is 0 Å². The van der Waals surface area contributed by atoms with Crippen LogP contribution in [0.25, 0.3) is 0 Å². The van der Waals surface area contributed by atoms with E-state index in [-0.39, 0.29) is 6.61 Å². The maximum atomic E-state index is 9.23. The van der Waals surface area contributed by atoms with Gasteiger partial charge in [0, 0.05) is 18.2 Å². The molecule has 1 heterocycles. The van der Waals surface area contributed by atoms with Crippen molar-refractivity contribution in [1.29, 1.82) is 0 Å². The highest BCUT2D eigenvalue weighted by Crippen LogP contribution is 2.17. The fraction of sp³-hybridized carbons (Fsp3) is 0.500. The summed E-state index contributed by atoms with van der Waals surface area (Å²) >= 11 is 4.90. The third kappa shape index (κ3) is 3.89. The number of hydrogen-bond acceptors (Lipinski definition) is 4. The molecule has 1 aromatic carbocycles. The van der Waals surface area contributed by atoms with Gasteiger partial charge in [0.25, 0.3) is 0 Å². The normalized spacial score (nSPS) is 19.5. The maximum absolute atomic E-state index is 9.23. The second kappa shape index (κ2) is 6.84. The molecule has 5 heteroatoms. The minimum atomic E-state index is 0.239. The zero-order valence-corrected chi connectivity index (χ0v) is 11.7. The molecule has 1 aliphatic heterocycles. The second-order valence-corrected chi connectivity index (χ2v) is 5.19. The fourth-order valence-electron chi connectivity index (χ4n) is 2.39. The Morgan fingerprint density at radius 3 is 2.79 bits per heavy atom. The van der Waals surface area contributed by atoms with E-state index in [4.69, 9.17) is 22.7 Å². The topological polar surface area (TPSA) is 58.7 Å². The molecule has 3 N–H and O–H groups in total. The number of ether oxygens (including phenoxy) is 1. The third-order valence-corrected chi connectivity index (χ3v) is 3.73. The molecule has 104 valence electrons. The monoisotopic (exact) mass is 280 g/mol. The van der Waals surface area contributed by atoms with Crippen molar-refractivity contribution in [3.05, 3.63) is 29.8 Å². The number of likely N-dealkylation sites (tertiary alicyclic amines) is 1. The Bertz CT molecular complexity index is 422. The molecule has 0 radical (unpaired) electrons. The van der Waals surface area contributed by atoms with Gasteiger partial charge in [0.15, 0.2) is 0 Å². The quantitative estimate of drug-likeness (QED) is 0.766. The molecule has 0 bridgehead atoms. The van der Waals surface area contributed by atoms with E-state index < -0.39 is 0 Å². The van der Waals surface area contributed by atoms with Crippen LogP contribution in [0.3, 0.4) is 0 Å². The first-order valence-corrected chi connectivity index (χ1v) is 6.99. The molecule has 1 unspecified atom stereocenters. The summed E-state index contributed by atoms with van der Waals surface area (Å²) in [5.41, 5.74) is 6.39. The van der Waals surface area contributed by atoms with E-state index in [1.54, 1.807) is 0 Å². The first-order chi connectivity index (χ1) is 9.20. The van der Waals surface area contributed by atoms with Gasteiger partial charge in [0.1, 0.15) is 17.3 Å². The lowest BCUT2D eigenvalue weighted by Gasteiger charge is -2.22. The van der Waals surface area contributed by atoms with Crippen molar-refractivity contribution in [2.45, 2.75) is 18.9 Å². The molecule has 0 aliphatic carbocycles. The molecule has 1 fully saturated rings. The lowest BCUT2D eigenvalue weighted by atomic mass is 10.2. The van der Waals surface area contributed by atoms with E-state index in [2.05, 4.69) is 4.90 Å². The Labute approximate surface area is 119 Å². The van der Waals surface area contributed by atoms with Gasteiger partial charge < -0.3 is 15.6 Å². The third-order valence-electron chi connectivity index (χ3n) is 3.50. The lowest BCUT2D eigenvalue weighted by molar-refractivity contribution is 0.139. The van der Waals surface area contributed by atoms with Gasteiger partial charge in [0.05, 0.1) is 6.61 Å². The highest BCUT2D eigenvalue weighted by molar-refractivity contribution is 7.80. The van der Waals surface area contributed by atoms with Crippen molar-refractivity contribution in [2.75, 3.05) is 26.3 Å². The molecule has 0 amide bonds. The minimum Gasteiger partial charge on any atom is -0.492 e. The standard InChI is InChI=1S/C14H20N2O2S/c15-14(19)11-3-5-13(6-4-11)18-9-8-16-7-1-2-12(16)10-17/h3-6,12,17H,1-2,7-10H2,(H2,15,19). The predicted octanol–water partition coefficient (Wildman–Crippen LogP) is 1.16. The van der Waals surface area contributed by atoms with Crippen LogP contribution in [0.5, 0.6) is 5.75 Å². The smallest absolute Gasteiger partial charge is 0.119 e. The molecular weight excluding hydrogens is 260 g/mol. The largest absolute Gasteiger partial charge is 0.492 e. The average Bonchev–Trinajstić information content (AvgIpc) is 2.87. The van der Waals surface area contributed by atoms with Crippen LogP contribution in [0.2, 0.25) is 0 Å². The Morgan fingerprint density at radius 2 is 2.16 bits per heavy atom. The summed E-state index contributed by atoms with van der Waals surface area (Å²) in [4.78, 5) is 2.68. The number of benzene rings is 1. The van der Waals surface area contributed by atoms with E-state index in [1.807, 2.05) is 24.3 Å². The van der Waals surface area contributed by atoms with Crippen molar-refractivity contribution >= 4 is 17.2 Å². The first kappa shape index (κ1) is 14.2. The highest BCUT2D eigenvalue weighted by Gasteiger charge is 2.22. The van der Waals surface area contributed by atoms with Crippen molar-refractivity contribution in [3.63, 3.8) is 0 Å². The van der Waals surface area contributed by atoms with Gasteiger partial charge in [-0.15, -0.1) is 0 Å². The number of thiocarbonyl (C=S) groups is 1. The van der Waals surface area contributed by atoms with E-state index in [0.29, 0.717) is 17.6 Å². The number of nitrogens with two attached hydrogens (primary N) is 1. The Kier molecular flexibility index (Phi) is 5.13. The SMILES string of the molecule is NC(=S)c1ccc(OCCN2CCCC2CO)cc1. The number of rotatable bonds is 6. The van der Waals surface area contributed by atoms with E-state index in [1.165, 1.54) is 0 Å². The first-order valence-electron chi connectivity index (χ1n) is 6.58. The van der Waals surface area contributed by atoms with Crippen LogP contribution in [-0.4, -0.2) is 47.3 Å². The van der Waals surface area contributed by atoms with Gasteiger partial charge in [-0.05, 0) is 43.7 Å². The molecule has 0 spiro atoms. The summed E-state index contributed by atoms with van der Waals surface area (Å²) in [6, 6.07) is 7.79. The average molecular weight is 280 g/mol. The summed E-state index contributed by atoms with van der Waals surface area (Å²) in [5.74, 6) is 0.819. The van der Waals surface area contributed by atoms with Crippen LogP contribution < -0.4 is 10.5 Å². The van der Waals surface area contributed by atoms with Gasteiger partial charge in [0.2, 0.25) is 0 Å². The van der Waals surface area contributed by atoms with Gasteiger partial charge in [-0.25, -0.2) is 0 Å². The van der Waals surface area contributed by atoms with E-state index >= 15 is 0 Å². The zero-order chi connectivity index (χ0) is 13.7. The zero-order valence-electron chi connectivity index (χ0n) is 10.9. The van der Waals surface area contributed by atoms with Crippen LogP contribution in [0.4, 0.5) is 0 Å². The molecule has 0 saturated carbocycles. The van der Waals surface area contributed by atoms with Gasteiger partial charge >= 0.3 is 0 Å². The van der Waals surface area contributed by atoms with Crippen LogP contribution >= 0.6 is 12.2 Å². The summed E-state index contributed by atoms with van der Waals surface area (Å²) < 4.78 is 5.69. The Balaban J connectivity index is 1.77. The molecule has 1 saturated heterocycles. The lowest BCUT2D eigenvalue weighted by Crippen LogP contribution is -2.35. The summed E-state index contributed by atoms with van der Waals surface area (Å²) in [6.45, 7) is 2.77. The fourth-order valence-corrected chi connectivity index (χ4v) is 2.53. The minimum absolute atomic E-state index is 0.239. The van der Waals surface area contributed by atoms with Crippen molar-refractivity contribution in [3.8, 4) is 5.75 Å². The number of nitrogens with zero attached hydrogens (tertiary/aromatic N) is 1. The molecule has 2 rings (SSSR count). The molecule has 4 nitrogen and oxygen atoms in total. The molecule has 0 aromatic heterocycles. The molecular formula is C14H20N2O2S. The maximum Gasteiger partial charge on any atom is 0.119 e. The van der Waals surface area contributed by atoms with Crippen LogP contribution in [-0.2, 0) is 0 Å². The Hall–Kier alpha value is -1.17. The van der Waals surface area contributed by atoms with Crippen LogP contribution in [0.1, 0.15) is 18.4 Å². The van der Waals surface area contributed by atoms with E-state index in [9.17, 15) is 5.11 Å². The van der Waals surface area contributed by atoms with Crippen LogP contribution in [0, 0.1) is 0 Å². The second-order valence-electron chi connectivity index (χ2n) is 4.75. The summed E-state index contributed by atoms with van der Waals surface area (Å²) in [7, 11) is 0. The van der Waals surface area contributed by atoms with Gasteiger partial charge in [-0.1, -0.05) is 12.2 Å². The predicted molar refractivity (Wildman–Crippen MR) is 79.5 cm³/mol. The van der Waals surface area contributed by atoms with Crippen molar-refractivity contribution < 1.29 is 9.84 Å². The number of aliphatic hydroxyl groups is 1. The van der Waals surface area contributed by atoms with Crippen molar-refractivity contribution in [1.82, 2.24) is 4.90 Å². The van der Waals surface area contributed by atoms with E-state index in [0.717, 1.165) is 37.2 Å². The number of aliphatic hydroxyl groups excluding tert-OH is 1. The summed E-state index contributed by atoms with van der Waals surface area (Å²) in [6.07, 6.45) is 2.24. The van der Waals surface area contributed by atoms with Crippen LogP contribution in [0.15, 0.2) is 24.3 Å². The molecule has 1 atom stereocenters. The molecule has 1 aliphatic rings. The molecule has 1 aromatic rings. The van der Waals surface area contributed by atoms with Crippen molar-refractivity contribution in [2.24, 2.45) is 5.73 Å². The van der Waals surface area contributed by atoms with Gasteiger partial charge in [-0.3, -0.25) is 4.90 Å². The molecule has 19 heavy (non-hydrogen) atoms. The summed E-state index contributed by atoms with van der Waals surface area (Å²) in [5, 5.41) is 9.23. The Morgan fingerprint density at radius 1 is 1.42 bits per heavy atom. The highest BCUT2D eigenvalue weighted by atomic mass is 32.1. The number of hydrogen-bond donors (Lipinski definition) is 2.